The van der Waals surface area contributed by atoms with E-state index in [9.17, 15) is 13.2 Å². The Morgan fingerprint density at radius 3 is 2.52 bits per heavy atom. The Morgan fingerprint density at radius 2 is 1.89 bits per heavy atom. The predicted octanol–water partition coefficient (Wildman–Crippen LogP) is 1.64. The van der Waals surface area contributed by atoms with Crippen LogP contribution in [0, 0.1) is 0 Å². The van der Waals surface area contributed by atoms with E-state index in [0.717, 1.165) is 12.8 Å². The lowest BCUT2D eigenvalue weighted by atomic mass is 9.91. The first-order chi connectivity index (χ1) is 12.9. The van der Waals surface area contributed by atoms with Gasteiger partial charge >= 0.3 is 0 Å². The van der Waals surface area contributed by atoms with Crippen molar-refractivity contribution in [1.29, 1.82) is 0 Å². The summed E-state index contributed by atoms with van der Waals surface area (Å²) >= 11 is 0. The van der Waals surface area contributed by atoms with Gasteiger partial charge in [-0.05, 0) is 37.6 Å². The highest BCUT2D eigenvalue weighted by atomic mass is 32.2. The van der Waals surface area contributed by atoms with Crippen molar-refractivity contribution in [3.05, 3.63) is 29.8 Å². The molecule has 0 saturated carbocycles. The van der Waals surface area contributed by atoms with Gasteiger partial charge in [0.1, 0.15) is 0 Å². The van der Waals surface area contributed by atoms with Crippen LogP contribution in [0.3, 0.4) is 0 Å². The van der Waals surface area contributed by atoms with E-state index >= 15 is 0 Å². The highest BCUT2D eigenvalue weighted by Crippen LogP contribution is 2.32. The smallest absolute Gasteiger partial charge is 0.254 e. The molecule has 3 aliphatic rings. The molecule has 3 aliphatic heterocycles. The minimum atomic E-state index is -3.21. The van der Waals surface area contributed by atoms with Crippen LogP contribution < -0.4 is 4.31 Å². The molecule has 1 spiro atoms. The standard InChI is InChI=1S/C19H26N2O5S/c1-15-13-20(14-19(26-15)7-10-25-11-8-19)18(22)16-3-5-17(6-4-16)21-9-2-12-27(21,23)24/h3-6,15H,2,7-14H2,1H3. The Labute approximate surface area is 160 Å². The van der Waals surface area contributed by atoms with E-state index in [4.69, 9.17) is 9.47 Å². The van der Waals surface area contributed by atoms with Crippen molar-refractivity contribution in [2.75, 3.05) is 42.9 Å². The van der Waals surface area contributed by atoms with Crippen LogP contribution in [0.25, 0.3) is 0 Å². The van der Waals surface area contributed by atoms with Gasteiger partial charge in [0.05, 0.1) is 29.7 Å². The number of hydrogen-bond acceptors (Lipinski definition) is 5. The van der Waals surface area contributed by atoms with E-state index < -0.39 is 10.0 Å². The number of nitrogens with zero attached hydrogens (tertiary/aromatic N) is 2. The van der Waals surface area contributed by atoms with Crippen LogP contribution in [0.2, 0.25) is 0 Å². The molecule has 3 fully saturated rings. The minimum absolute atomic E-state index is 0.0187. The van der Waals surface area contributed by atoms with Crippen LogP contribution >= 0.6 is 0 Å². The number of carbonyl (C=O) groups is 1. The molecule has 0 aliphatic carbocycles. The van der Waals surface area contributed by atoms with Crippen LogP contribution in [0.4, 0.5) is 5.69 Å². The van der Waals surface area contributed by atoms with Crippen molar-refractivity contribution in [1.82, 2.24) is 4.90 Å². The van der Waals surface area contributed by atoms with Crippen LogP contribution in [0.15, 0.2) is 24.3 Å². The van der Waals surface area contributed by atoms with Crippen molar-refractivity contribution in [2.24, 2.45) is 0 Å². The second-order valence-corrected chi connectivity index (χ2v) is 9.71. The van der Waals surface area contributed by atoms with E-state index in [1.165, 1.54) is 4.31 Å². The highest BCUT2D eigenvalue weighted by Gasteiger charge is 2.42. The summed E-state index contributed by atoms with van der Waals surface area (Å²) in [4.78, 5) is 14.9. The zero-order chi connectivity index (χ0) is 19.1. The van der Waals surface area contributed by atoms with Crippen molar-refractivity contribution in [3.8, 4) is 0 Å². The van der Waals surface area contributed by atoms with Gasteiger partial charge in [-0.2, -0.15) is 0 Å². The number of benzene rings is 1. The van der Waals surface area contributed by atoms with Crippen LogP contribution in [-0.4, -0.2) is 69.5 Å². The molecule has 0 bridgehead atoms. The first-order valence-electron chi connectivity index (χ1n) is 9.54. The Balaban J connectivity index is 1.50. The quantitative estimate of drug-likeness (QED) is 0.762. The van der Waals surface area contributed by atoms with Crippen molar-refractivity contribution in [3.63, 3.8) is 0 Å². The molecule has 3 heterocycles. The number of morpholine rings is 1. The Kier molecular flexibility index (Phi) is 4.90. The van der Waals surface area contributed by atoms with Gasteiger partial charge in [-0.15, -0.1) is 0 Å². The zero-order valence-electron chi connectivity index (χ0n) is 15.6. The number of ether oxygens (including phenoxy) is 2. The van der Waals surface area contributed by atoms with E-state index in [2.05, 4.69) is 0 Å². The van der Waals surface area contributed by atoms with Gasteiger partial charge in [0, 0.05) is 44.7 Å². The topological polar surface area (TPSA) is 76.2 Å². The molecule has 4 rings (SSSR count). The van der Waals surface area contributed by atoms with Crippen molar-refractivity contribution >= 4 is 21.6 Å². The molecule has 1 aromatic carbocycles. The average Bonchev–Trinajstić information content (AvgIpc) is 3.00. The fourth-order valence-electron chi connectivity index (χ4n) is 4.28. The normalized spacial score (nSPS) is 27.1. The predicted molar refractivity (Wildman–Crippen MR) is 101 cm³/mol. The van der Waals surface area contributed by atoms with Crippen LogP contribution in [0.1, 0.15) is 36.5 Å². The maximum absolute atomic E-state index is 13.0. The Morgan fingerprint density at radius 1 is 1.19 bits per heavy atom. The summed E-state index contributed by atoms with van der Waals surface area (Å²) in [6, 6.07) is 6.90. The lowest BCUT2D eigenvalue weighted by Crippen LogP contribution is -2.58. The number of carbonyl (C=O) groups excluding carboxylic acids is 1. The molecule has 27 heavy (non-hydrogen) atoms. The molecular weight excluding hydrogens is 368 g/mol. The summed E-state index contributed by atoms with van der Waals surface area (Å²) in [5.74, 6) is 0.150. The summed E-state index contributed by atoms with van der Waals surface area (Å²) in [5.41, 5.74) is 0.891. The molecule has 8 heteroatoms. The third kappa shape index (κ3) is 3.70. The SMILES string of the molecule is CC1CN(C(=O)c2ccc(N3CCCS3(=O)=O)cc2)CC2(CCOCC2)O1. The third-order valence-corrected chi connectivity index (χ3v) is 7.47. The second-order valence-electron chi connectivity index (χ2n) is 7.70. The molecular formula is C19H26N2O5S. The second kappa shape index (κ2) is 7.07. The monoisotopic (exact) mass is 394 g/mol. The molecule has 1 unspecified atom stereocenters. The molecule has 0 N–H and O–H groups in total. The largest absolute Gasteiger partial charge is 0.381 e. The van der Waals surface area contributed by atoms with E-state index in [0.29, 0.717) is 50.5 Å². The maximum Gasteiger partial charge on any atom is 0.254 e. The fraction of sp³-hybridized carbons (Fsp3) is 0.632. The van der Waals surface area contributed by atoms with Gasteiger partial charge in [0.2, 0.25) is 10.0 Å². The Hall–Kier alpha value is -1.64. The molecule has 0 radical (unpaired) electrons. The number of rotatable bonds is 2. The lowest BCUT2D eigenvalue weighted by molar-refractivity contribution is -0.176. The molecule has 1 aromatic rings. The van der Waals surface area contributed by atoms with Gasteiger partial charge in [-0.3, -0.25) is 9.10 Å². The van der Waals surface area contributed by atoms with Crippen molar-refractivity contribution in [2.45, 2.75) is 37.9 Å². The maximum atomic E-state index is 13.0. The number of sulfonamides is 1. The molecule has 148 valence electrons. The third-order valence-electron chi connectivity index (χ3n) is 5.60. The Bertz CT molecular complexity index is 802. The minimum Gasteiger partial charge on any atom is -0.381 e. The van der Waals surface area contributed by atoms with Gasteiger partial charge < -0.3 is 14.4 Å². The first-order valence-corrected chi connectivity index (χ1v) is 11.1. The summed E-state index contributed by atoms with van der Waals surface area (Å²) in [7, 11) is -3.21. The fourth-order valence-corrected chi connectivity index (χ4v) is 5.85. The van der Waals surface area contributed by atoms with Crippen LogP contribution in [0.5, 0.6) is 0 Å². The summed E-state index contributed by atoms with van der Waals surface area (Å²) in [6.45, 7) is 4.95. The van der Waals surface area contributed by atoms with Gasteiger partial charge in [0.15, 0.2) is 0 Å². The van der Waals surface area contributed by atoms with E-state index in [1.807, 2.05) is 11.8 Å². The van der Waals surface area contributed by atoms with Gasteiger partial charge in [-0.1, -0.05) is 0 Å². The summed E-state index contributed by atoms with van der Waals surface area (Å²) in [5, 5.41) is 0. The molecule has 1 amide bonds. The average molecular weight is 394 g/mol. The molecule has 3 saturated heterocycles. The van der Waals surface area contributed by atoms with Gasteiger partial charge in [0.25, 0.3) is 5.91 Å². The van der Waals surface area contributed by atoms with Crippen molar-refractivity contribution < 1.29 is 22.7 Å². The number of amides is 1. The highest BCUT2D eigenvalue weighted by molar-refractivity contribution is 7.93. The first kappa shape index (κ1) is 18.7. The lowest BCUT2D eigenvalue weighted by Gasteiger charge is -2.47. The van der Waals surface area contributed by atoms with E-state index in [1.54, 1.807) is 24.3 Å². The molecule has 1 atom stereocenters. The summed E-state index contributed by atoms with van der Waals surface area (Å²) in [6.07, 6.45) is 2.22. The zero-order valence-corrected chi connectivity index (χ0v) is 16.4. The van der Waals surface area contributed by atoms with E-state index in [-0.39, 0.29) is 23.4 Å². The number of hydrogen-bond donors (Lipinski definition) is 0. The number of anilines is 1. The summed E-state index contributed by atoms with van der Waals surface area (Å²) < 4.78 is 37.2. The van der Waals surface area contributed by atoms with Crippen LogP contribution in [-0.2, 0) is 19.5 Å². The molecule has 0 aromatic heterocycles. The molecule has 7 nitrogen and oxygen atoms in total. The van der Waals surface area contributed by atoms with Gasteiger partial charge in [-0.25, -0.2) is 8.42 Å².